The van der Waals surface area contributed by atoms with Crippen molar-refractivity contribution >= 4 is 24.5 Å². The third-order valence-electron chi connectivity index (χ3n) is 7.19. The maximum atomic E-state index is 11.9. The first-order chi connectivity index (χ1) is 14.7. The summed E-state index contributed by atoms with van der Waals surface area (Å²) < 4.78 is 7.23. The van der Waals surface area contributed by atoms with E-state index in [1.165, 1.54) is 15.9 Å². The van der Waals surface area contributed by atoms with Crippen molar-refractivity contribution in [1.29, 1.82) is 0 Å². The van der Waals surface area contributed by atoms with E-state index in [2.05, 4.69) is 76.2 Å². The molecule has 2 aliphatic carbocycles. The molecule has 4 heteroatoms. The molecule has 0 spiro atoms. The highest BCUT2D eigenvalue weighted by Crippen LogP contribution is 2.43. The summed E-state index contributed by atoms with van der Waals surface area (Å²) in [6.45, 7) is 8.94. The van der Waals surface area contributed by atoms with Gasteiger partial charge in [-0.2, -0.15) is 0 Å². The number of allylic oxidation sites excluding steroid dienone is 2. The second-order valence-corrected chi connectivity index (χ2v) is 14.5. The van der Waals surface area contributed by atoms with E-state index in [0.29, 0.717) is 12.8 Å². The average molecular weight is 435 g/mol. The normalized spacial score (nSPS) is 25.1. The van der Waals surface area contributed by atoms with Gasteiger partial charge in [-0.1, -0.05) is 87.0 Å². The van der Waals surface area contributed by atoms with Crippen LogP contribution in [0.3, 0.4) is 0 Å². The zero-order valence-electron chi connectivity index (χ0n) is 19.0. The van der Waals surface area contributed by atoms with Crippen LogP contribution in [0, 0.1) is 11.8 Å². The fourth-order valence-corrected chi connectivity index (χ4v) is 10.4. The van der Waals surface area contributed by atoms with E-state index in [0.717, 1.165) is 6.42 Å². The summed E-state index contributed by atoms with van der Waals surface area (Å²) in [5.41, 5.74) is 1.21. The molecular formula is C27H34O3Si. The first-order valence-corrected chi connectivity index (χ1v) is 13.3. The van der Waals surface area contributed by atoms with Crippen molar-refractivity contribution < 1.29 is 14.3 Å². The maximum Gasteiger partial charge on any atom is 0.261 e. The van der Waals surface area contributed by atoms with E-state index >= 15 is 0 Å². The van der Waals surface area contributed by atoms with E-state index in [1.54, 1.807) is 0 Å². The number of ketones is 1. The van der Waals surface area contributed by atoms with Crippen LogP contribution >= 0.6 is 0 Å². The number of hydrogen-bond acceptors (Lipinski definition) is 3. The van der Waals surface area contributed by atoms with Gasteiger partial charge in [-0.3, -0.25) is 4.79 Å². The van der Waals surface area contributed by atoms with Crippen LogP contribution in [-0.4, -0.2) is 31.4 Å². The molecule has 4 rings (SSSR count). The topological polar surface area (TPSA) is 46.5 Å². The number of hydrogen-bond donors (Lipinski definition) is 1. The molecule has 3 nitrogen and oxygen atoms in total. The molecule has 0 aliphatic heterocycles. The number of fused-ring (bicyclic) bond motifs is 1. The highest BCUT2D eigenvalue weighted by Gasteiger charge is 2.52. The Morgan fingerprint density at radius 2 is 1.52 bits per heavy atom. The Labute approximate surface area is 187 Å². The van der Waals surface area contributed by atoms with Gasteiger partial charge in [-0.15, -0.1) is 0 Å². The molecular weight excluding hydrogens is 400 g/mol. The summed E-state index contributed by atoms with van der Waals surface area (Å²) in [4.78, 5) is 11.9. The van der Waals surface area contributed by atoms with Crippen LogP contribution in [0.2, 0.25) is 5.04 Å². The van der Waals surface area contributed by atoms with Crippen LogP contribution in [0.15, 0.2) is 72.3 Å². The van der Waals surface area contributed by atoms with Crippen LogP contribution in [0.5, 0.6) is 0 Å². The van der Waals surface area contributed by atoms with Gasteiger partial charge in [0.25, 0.3) is 8.32 Å². The molecule has 2 aromatic rings. The number of aliphatic hydroxyl groups excluding tert-OH is 1. The second kappa shape index (κ2) is 8.49. The Morgan fingerprint density at radius 1 is 0.968 bits per heavy atom. The molecule has 2 aromatic carbocycles. The van der Waals surface area contributed by atoms with Crippen LogP contribution < -0.4 is 10.4 Å². The fraction of sp³-hybridized carbons (Fsp3) is 0.444. The van der Waals surface area contributed by atoms with Crippen molar-refractivity contribution in [1.82, 2.24) is 0 Å². The van der Waals surface area contributed by atoms with E-state index < -0.39 is 14.4 Å². The van der Waals surface area contributed by atoms with Gasteiger partial charge >= 0.3 is 0 Å². The van der Waals surface area contributed by atoms with Gasteiger partial charge in [-0.25, -0.2) is 0 Å². The number of rotatable bonds is 5. The number of benzene rings is 2. The Balaban J connectivity index is 1.74. The molecule has 0 bridgehead atoms. The summed E-state index contributed by atoms with van der Waals surface area (Å²) in [6.07, 6.45) is 3.22. The predicted octanol–water partition coefficient (Wildman–Crippen LogP) is 4.24. The van der Waals surface area contributed by atoms with Crippen molar-refractivity contribution in [3.05, 3.63) is 72.3 Å². The van der Waals surface area contributed by atoms with Gasteiger partial charge in [0.15, 0.2) is 5.78 Å². The Hall–Kier alpha value is -2.01. The van der Waals surface area contributed by atoms with E-state index in [1.807, 2.05) is 18.2 Å². The largest absolute Gasteiger partial charge is 0.404 e. The molecule has 2 aliphatic rings. The first-order valence-electron chi connectivity index (χ1n) is 11.4. The standard InChI is InChI=1S/C27H34O3Si/c1-19(25-17-20-15-22(28)16-21(20)18-26(25)29)30-31(27(2,3)4,23-11-7-5-8-12-23)24-13-9-6-10-14-24/h5-15,19,21,25-26,29H,16-18H2,1-4H3/t19-,21+,25+,26+/m0/s1. The van der Waals surface area contributed by atoms with Crippen molar-refractivity contribution in [3.63, 3.8) is 0 Å². The lowest BCUT2D eigenvalue weighted by molar-refractivity contribution is -0.114. The smallest absolute Gasteiger partial charge is 0.261 e. The van der Waals surface area contributed by atoms with Crippen molar-refractivity contribution in [2.24, 2.45) is 11.8 Å². The lowest BCUT2D eigenvalue weighted by Crippen LogP contribution is -2.68. The summed E-state index contributed by atoms with van der Waals surface area (Å²) in [7, 11) is -2.67. The van der Waals surface area contributed by atoms with Crippen LogP contribution in [0.25, 0.3) is 0 Å². The van der Waals surface area contributed by atoms with Crippen LogP contribution in [0.1, 0.15) is 47.0 Å². The predicted molar refractivity (Wildman–Crippen MR) is 128 cm³/mol. The second-order valence-electron chi connectivity index (χ2n) is 10.2. The van der Waals surface area contributed by atoms with Crippen LogP contribution in [-0.2, 0) is 9.22 Å². The van der Waals surface area contributed by atoms with Crippen molar-refractivity contribution in [3.8, 4) is 0 Å². The van der Waals surface area contributed by atoms with Gasteiger partial charge in [-0.05, 0) is 47.2 Å². The van der Waals surface area contributed by atoms with Gasteiger partial charge in [0, 0.05) is 18.4 Å². The summed E-state index contributed by atoms with van der Waals surface area (Å²) in [5, 5.41) is 13.4. The lowest BCUT2D eigenvalue weighted by Gasteiger charge is -2.47. The molecule has 0 saturated heterocycles. The molecule has 0 heterocycles. The molecule has 0 radical (unpaired) electrons. The highest BCUT2D eigenvalue weighted by molar-refractivity contribution is 6.99. The minimum Gasteiger partial charge on any atom is -0.404 e. The Bertz CT molecular complexity index is 906. The zero-order chi connectivity index (χ0) is 22.2. The van der Waals surface area contributed by atoms with Crippen LogP contribution in [0.4, 0.5) is 0 Å². The third-order valence-corrected chi connectivity index (χ3v) is 12.3. The maximum absolute atomic E-state index is 11.9. The summed E-state index contributed by atoms with van der Waals surface area (Å²) in [5.74, 6) is 0.419. The van der Waals surface area contributed by atoms with E-state index in [-0.39, 0.29) is 28.8 Å². The number of carbonyl (C=O) groups excluding carboxylic acids is 1. The summed E-state index contributed by atoms with van der Waals surface area (Å²) in [6, 6.07) is 21.3. The quantitative estimate of drug-likeness (QED) is 0.716. The average Bonchev–Trinajstić information content (AvgIpc) is 3.10. The van der Waals surface area contributed by atoms with E-state index in [9.17, 15) is 9.90 Å². The molecule has 1 saturated carbocycles. The first kappa shape index (κ1) is 22.2. The molecule has 164 valence electrons. The van der Waals surface area contributed by atoms with Gasteiger partial charge < -0.3 is 9.53 Å². The third kappa shape index (κ3) is 4.09. The van der Waals surface area contributed by atoms with Crippen molar-refractivity contribution in [2.45, 2.75) is 64.2 Å². The monoisotopic (exact) mass is 434 g/mol. The highest BCUT2D eigenvalue weighted by atomic mass is 28.4. The molecule has 1 fully saturated rings. The SMILES string of the molecule is C[C@H](O[Si](c1ccccc1)(c1ccccc1)C(C)(C)C)[C@H]1CC2=CC(=O)C[C@@H]2C[C@H]1O. The lowest BCUT2D eigenvalue weighted by atomic mass is 9.75. The van der Waals surface area contributed by atoms with E-state index in [4.69, 9.17) is 4.43 Å². The van der Waals surface area contributed by atoms with Crippen molar-refractivity contribution in [2.75, 3.05) is 0 Å². The van der Waals surface area contributed by atoms with Gasteiger partial charge in [0.2, 0.25) is 0 Å². The molecule has 0 unspecified atom stereocenters. The van der Waals surface area contributed by atoms with Gasteiger partial charge in [0.05, 0.1) is 6.10 Å². The summed E-state index contributed by atoms with van der Waals surface area (Å²) >= 11 is 0. The minimum atomic E-state index is -2.67. The minimum absolute atomic E-state index is 0.00458. The fourth-order valence-electron chi connectivity index (χ4n) is 5.63. The molecule has 0 amide bonds. The Kier molecular flexibility index (Phi) is 6.08. The zero-order valence-corrected chi connectivity index (χ0v) is 20.0. The molecule has 4 atom stereocenters. The molecule has 31 heavy (non-hydrogen) atoms. The molecule has 1 N–H and O–H groups in total. The number of carbonyl (C=O) groups is 1. The molecule has 0 aromatic heterocycles. The van der Waals surface area contributed by atoms with Gasteiger partial charge in [0.1, 0.15) is 0 Å². The Morgan fingerprint density at radius 3 is 2.03 bits per heavy atom. The number of aliphatic hydroxyl groups is 1.